The fourth-order valence-corrected chi connectivity index (χ4v) is 3.88. The molecule has 5 nitrogen and oxygen atoms in total. The standard InChI is InChI=1S/C16H32N2O3S/c1-2-13-10-14(12-19)21-16(11-13)22-9-6-15(20)18-8-5-3-4-7-17/h13-14,16,19H,2-12,17H2,1H3,(H,18,20). The van der Waals surface area contributed by atoms with Gasteiger partial charge in [0, 0.05) is 18.7 Å². The Hall–Kier alpha value is -0.300. The third-order valence-corrected chi connectivity index (χ3v) is 5.20. The zero-order valence-electron chi connectivity index (χ0n) is 13.8. The fraction of sp³-hybridized carbons (Fsp3) is 0.938. The molecule has 0 aromatic heterocycles. The number of rotatable bonds is 11. The normalized spacial score (nSPS) is 25.1. The van der Waals surface area contributed by atoms with Crippen molar-refractivity contribution in [2.24, 2.45) is 11.7 Å². The number of nitrogens with one attached hydrogen (secondary N) is 1. The molecule has 0 aromatic rings. The molecule has 1 amide bonds. The van der Waals surface area contributed by atoms with Crippen LogP contribution in [0.4, 0.5) is 0 Å². The predicted octanol–water partition coefficient (Wildman–Crippen LogP) is 1.88. The smallest absolute Gasteiger partial charge is 0.220 e. The van der Waals surface area contributed by atoms with E-state index in [0.717, 1.165) is 57.4 Å². The second kappa shape index (κ2) is 12.2. The van der Waals surface area contributed by atoms with E-state index in [-0.39, 0.29) is 24.1 Å². The molecule has 1 rings (SSSR count). The van der Waals surface area contributed by atoms with Gasteiger partial charge in [0.1, 0.15) is 5.44 Å². The molecule has 0 bridgehead atoms. The van der Waals surface area contributed by atoms with Crippen LogP contribution in [0.1, 0.15) is 51.9 Å². The molecule has 0 spiro atoms. The van der Waals surface area contributed by atoms with Crippen LogP contribution in [0.5, 0.6) is 0 Å². The third-order valence-electron chi connectivity index (χ3n) is 4.08. The zero-order valence-corrected chi connectivity index (χ0v) is 14.6. The summed E-state index contributed by atoms with van der Waals surface area (Å²) < 4.78 is 5.84. The SMILES string of the molecule is CCC1CC(CO)OC(SCCC(=O)NCCCCCN)C1. The van der Waals surface area contributed by atoms with E-state index in [0.29, 0.717) is 12.3 Å². The Morgan fingerprint density at radius 1 is 1.36 bits per heavy atom. The monoisotopic (exact) mass is 332 g/mol. The van der Waals surface area contributed by atoms with E-state index in [2.05, 4.69) is 12.2 Å². The lowest BCUT2D eigenvalue weighted by Gasteiger charge is -2.34. The number of hydrogen-bond donors (Lipinski definition) is 3. The molecule has 130 valence electrons. The van der Waals surface area contributed by atoms with Gasteiger partial charge in [-0.3, -0.25) is 4.79 Å². The fourth-order valence-electron chi connectivity index (χ4n) is 2.67. The first-order chi connectivity index (χ1) is 10.7. The van der Waals surface area contributed by atoms with Crippen LogP contribution in [-0.2, 0) is 9.53 Å². The summed E-state index contributed by atoms with van der Waals surface area (Å²) in [7, 11) is 0. The summed E-state index contributed by atoms with van der Waals surface area (Å²) in [6.45, 7) is 3.74. The average molecular weight is 333 g/mol. The van der Waals surface area contributed by atoms with Crippen molar-refractivity contribution in [1.29, 1.82) is 0 Å². The van der Waals surface area contributed by atoms with Crippen LogP contribution in [-0.4, -0.2) is 48.0 Å². The van der Waals surface area contributed by atoms with Crippen LogP contribution in [0.3, 0.4) is 0 Å². The number of aliphatic hydroxyl groups is 1. The second-order valence-electron chi connectivity index (χ2n) is 5.94. The van der Waals surface area contributed by atoms with Gasteiger partial charge in [-0.05, 0) is 38.1 Å². The number of amides is 1. The first-order valence-corrected chi connectivity index (χ1v) is 9.59. The number of nitrogens with two attached hydrogens (primary N) is 1. The molecule has 4 N–H and O–H groups in total. The highest BCUT2D eigenvalue weighted by atomic mass is 32.2. The lowest BCUT2D eigenvalue weighted by molar-refractivity contribution is -0.120. The number of thioether (sulfide) groups is 1. The number of unbranched alkanes of at least 4 members (excludes halogenated alkanes) is 2. The Labute approximate surface area is 138 Å². The van der Waals surface area contributed by atoms with Crippen LogP contribution in [0.25, 0.3) is 0 Å². The Morgan fingerprint density at radius 2 is 2.18 bits per heavy atom. The Morgan fingerprint density at radius 3 is 2.86 bits per heavy atom. The number of ether oxygens (including phenoxy) is 1. The van der Waals surface area contributed by atoms with Gasteiger partial charge in [-0.15, -0.1) is 11.8 Å². The van der Waals surface area contributed by atoms with Gasteiger partial charge in [0.05, 0.1) is 12.7 Å². The summed E-state index contributed by atoms with van der Waals surface area (Å²) in [6.07, 6.45) is 6.69. The van der Waals surface area contributed by atoms with Gasteiger partial charge in [0.2, 0.25) is 5.91 Å². The van der Waals surface area contributed by atoms with E-state index in [1.54, 1.807) is 11.8 Å². The molecule has 0 aliphatic carbocycles. The summed E-state index contributed by atoms with van der Waals surface area (Å²) >= 11 is 1.70. The van der Waals surface area contributed by atoms with E-state index >= 15 is 0 Å². The highest BCUT2D eigenvalue weighted by Gasteiger charge is 2.28. The minimum Gasteiger partial charge on any atom is -0.394 e. The van der Waals surface area contributed by atoms with E-state index in [9.17, 15) is 9.90 Å². The van der Waals surface area contributed by atoms with Crippen molar-refractivity contribution < 1.29 is 14.6 Å². The van der Waals surface area contributed by atoms with Crippen LogP contribution in [0, 0.1) is 5.92 Å². The van der Waals surface area contributed by atoms with Crippen molar-refractivity contribution in [2.75, 3.05) is 25.4 Å². The Bertz CT molecular complexity index is 293. The van der Waals surface area contributed by atoms with Gasteiger partial charge >= 0.3 is 0 Å². The maximum absolute atomic E-state index is 11.7. The molecule has 0 saturated carbocycles. The molecule has 1 aliphatic rings. The lowest BCUT2D eigenvalue weighted by Crippen LogP contribution is -2.33. The van der Waals surface area contributed by atoms with Crippen molar-refractivity contribution in [3.8, 4) is 0 Å². The molecular weight excluding hydrogens is 300 g/mol. The molecule has 1 heterocycles. The van der Waals surface area contributed by atoms with Gasteiger partial charge in [0.25, 0.3) is 0 Å². The molecular formula is C16H32N2O3S. The molecule has 3 atom stereocenters. The number of aliphatic hydroxyl groups excluding tert-OH is 1. The lowest BCUT2D eigenvalue weighted by atomic mass is 9.93. The van der Waals surface area contributed by atoms with Gasteiger partial charge in [0.15, 0.2) is 0 Å². The van der Waals surface area contributed by atoms with E-state index in [1.807, 2.05) is 0 Å². The van der Waals surface area contributed by atoms with Gasteiger partial charge < -0.3 is 20.9 Å². The highest BCUT2D eigenvalue weighted by Crippen LogP contribution is 2.32. The molecule has 22 heavy (non-hydrogen) atoms. The number of carbonyl (C=O) groups is 1. The summed E-state index contributed by atoms with van der Waals surface area (Å²) in [5, 5.41) is 12.2. The maximum Gasteiger partial charge on any atom is 0.220 e. The zero-order chi connectivity index (χ0) is 16.2. The van der Waals surface area contributed by atoms with E-state index < -0.39 is 0 Å². The molecule has 3 unspecified atom stereocenters. The Kier molecular flexibility index (Phi) is 10.9. The van der Waals surface area contributed by atoms with E-state index in [1.165, 1.54) is 0 Å². The van der Waals surface area contributed by atoms with Crippen molar-refractivity contribution in [1.82, 2.24) is 5.32 Å². The summed E-state index contributed by atoms with van der Waals surface area (Å²) in [5.41, 5.74) is 5.55. The van der Waals surface area contributed by atoms with Gasteiger partial charge in [-0.2, -0.15) is 0 Å². The van der Waals surface area contributed by atoms with Crippen LogP contribution in [0.2, 0.25) is 0 Å². The summed E-state index contributed by atoms with van der Waals surface area (Å²) in [4.78, 5) is 11.7. The minimum atomic E-state index is -0.0347. The molecule has 1 saturated heterocycles. The maximum atomic E-state index is 11.7. The second-order valence-corrected chi connectivity index (χ2v) is 7.20. The quantitative estimate of drug-likeness (QED) is 0.503. The first kappa shape index (κ1) is 19.7. The highest BCUT2D eigenvalue weighted by molar-refractivity contribution is 7.99. The number of hydrogen-bond acceptors (Lipinski definition) is 5. The minimum absolute atomic E-state index is 0.0347. The topological polar surface area (TPSA) is 84.6 Å². The molecule has 0 radical (unpaired) electrons. The average Bonchev–Trinajstić information content (AvgIpc) is 2.54. The Balaban J connectivity index is 2.10. The first-order valence-electron chi connectivity index (χ1n) is 8.54. The van der Waals surface area contributed by atoms with Crippen molar-refractivity contribution >= 4 is 17.7 Å². The molecule has 6 heteroatoms. The van der Waals surface area contributed by atoms with Gasteiger partial charge in [-0.1, -0.05) is 19.8 Å². The van der Waals surface area contributed by atoms with Crippen molar-refractivity contribution in [3.63, 3.8) is 0 Å². The van der Waals surface area contributed by atoms with E-state index in [4.69, 9.17) is 10.5 Å². The van der Waals surface area contributed by atoms with Crippen LogP contribution < -0.4 is 11.1 Å². The molecule has 1 aliphatic heterocycles. The molecule has 0 aromatic carbocycles. The van der Waals surface area contributed by atoms with Crippen LogP contribution in [0.15, 0.2) is 0 Å². The summed E-state index contributed by atoms with van der Waals surface area (Å²) in [6, 6.07) is 0. The molecule has 1 fully saturated rings. The number of carbonyl (C=O) groups excluding carboxylic acids is 1. The van der Waals surface area contributed by atoms with Crippen LogP contribution >= 0.6 is 11.8 Å². The van der Waals surface area contributed by atoms with Crippen molar-refractivity contribution in [3.05, 3.63) is 0 Å². The van der Waals surface area contributed by atoms with Gasteiger partial charge in [-0.25, -0.2) is 0 Å². The largest absolute Gasteiger partial charge is 0.394 e. The summed E-state index contributed by atoms with van der Waals surface area (Å²) in [5.74, 6) is 1.51. The van der Waals surface area contributed by atoms with Crippen molar-refractivity contribution in [2.45, 2.75) is 63.4 Å². The predicted molar refractivity (Wildman–Crippen MR) is 91.8 cm³/mol. The third kappa shape index (κ3) is 8.36.